The van der Waals surface area contributed by atoms with E-state index >= 15 is 0 Å². The van der Waals surface area contributed by atoms with Crippen LogP contribution in [0.2, 0.25) is 0 Å². The van der Waals surface area contributed by atoms with E-state index in [0.717, 1.165) is 22.1 Å². The molecule has 2 aromatic heterocycles. The molecule has 0 atom stereocenters. The van der Waals surface area contributed by atoms with Crippen LogP contribution in [0.25, 0.3) is 22.1 Å². The molecule has 0 aliphatic carbocycles. The molecule has 1 aromatic carbocycles. The summed E-state index contributed by atoms with van der Waals surface area (Å²) in [4.78, 5) is 14.3. The molecular weight excluding hydrogens is 166 g/mol. The first-order chi connectivity index (χ1) is 6.34. The molecule has 0 unspecified atom stereocenters. The van der Waals surface area contributed by atoms with Gasteiger partial charge in [0.15, 0.2) is 5.95 Å². The number of aromatic nitrogens is 4. The van der Waals surface area contributed by atoms with Gasteiger partial charge in [0, 0.05) is 0 Å². The van der Waals surface area contributed by atoms with Gasteiger partial charge in [-0.05, 0) is 12.1 Å². The third-order valence-corrected chi connectivity index (χ3v) is 2.06. The zero-order valence-corrected chi connectivity index (χ0v) is 6.70. The van der Waals surface area contributed by atoms with E-state index in [1.165, 1.54) is 0 Å². The van der Waals surface area contributed by atoms with Gasteiger partial charge in [0.2, 0.25) is 0 Å². The van der Waals surface area contributed by atoms with Crippen molar-refractivity contribution >= 4 is 28.0 Å². The fraction of sp³-hybridized carbons (Fsp3) is 0. The number of hydrogen-bond donors (Lipinski definition) is 3. The second-order valence-corrected chi connectivity index (χ2v) is 2.88. The van der Waals surface area contributed by atoms with Crippen LogP contribution < -0.4 is 5.73 Å². The van der Waals surface area contributed by atoms with Crippen molar-refractivity contribution in [3.63, 3.8) is 0 Å². The number of aromatic amines is 2. The highest BCUT2D eigenvalue weighted by Crippen LogP contribution is 2.20. The van der Waals surface area contributed by atoms with Gasteiger partial charge in [0.1, 0.15) is 11.0 Å². The summed E-state index contributed by atoms with van der Waals surface area (Å²) in [6.45, 7) is 0. The number of nitrogens with two attached hydrogens (primary N) is 1. The molecule has 0 saturated heterocycles. The minimum Gasteiger partial charge on any atom is -0.369 e. The molecule has 13 heavy (non-hydrogen) atoms. The normalized spacial score (nSPS) is 11.4. The van der Waals surface area contributed by atoms with Gasteiger partial charge in [0.05, 0.1) is 17.4 Å². The smallest absolute Gasteiger partial charge is 0.198 e. The van der Waals surface area contributed by atoms with Crippen molar-refractivity contribution in [1.82, 2.24) is 19.9 Å². The fourth-order valence-electron chi connectivity index (χ4n) is 1.49. The lowest BCUT2D eigenvalue weighted by atomic mass is 10.3. The number of rotatable bonds is 0. The van der Waals surface area contributed by atoms with Crippen LogP contribution in [0, 0.1) is 0 Å². The Hall–Kier alpha value is -2.04. The van der Waals surface area contributed by atoms with Gasteiger partial charge in [-0.1, -0.05) is 0 Å². The van der Waals surface area contributed by atoms with Crippen LogP contribution in [0.5, 0.6) is 0 Å². The first-order valence-electron chi connectivity index (χ1n) is 3.92. The van der Waals surface area contributed by atoms with E-state index in [2.05, 4.69) is 19.9 Å². The Labute approximate surface area is 73.0 Å². The first kappa shape index (κ1) is 6.47. The number of H-pyrrole nitrogens is 2. The highest BCUT2D eigenvalue weighted by atomic mass is 15.0. The van der Waals surface area contributed by atoms with Crippen LogP contribution in [0.4, 0.5) is 5.95 Å². The molecule has 0 saturated carbocycles. The van der Waals surface area contributed by atoms with E-state index in [9.17, 15) is 0 Å². The lowest BCUT2D eigenvalue weighted by Crippen LogP contribution is -1.84. The molecule has 0 radical (unpaired) electrons. The summed E-state index contributed by atoms with van der Waals surface area (Å²) in [5.74, 6) is 0.422. The largest absolute Gasteiger partial charge is 0.369 e. The van der Waals surface area contributed by atoms with E-state index in [0.29, 0.717) is 5.95 Å². The van der Waals surface area contributed by atoms with Gasteiger partial charge in [-0.25, -0.2) is 9.97 Å². The monoisotopic (exact) mass is 173 g/mol. The highest BCUT2D eigenvalue weighted by molar-refractivity contribution is 6.00. The molecule has 5 heteroatoms. The van der Waals surface area contributed by atoms with Crippen molar-refractivity contribution in [3.05, 3.63) is 18.5 Å². The summed E-state index contributed by atoms with van der Waals surface area (Å²) in [6, 6.07) is 3.88. The first-order valence-corrected chi connectivity index (χ1v) is 3.92. The van der Waals surface area contributed by atoms with Gasteiger partial charge < -0.3 is 15.7 Å². The second-order valence-electron chi connectivity index (χ2n) is 2.88. The maximum Gasteiger partial charge on any atom is 0.198 e. The molecule has 0 fully saturated rings. The standard InChI is InChI=1S/C8H7N5/c9-8-12-5-2-1-4-6(7(5)13-8)11-3-10-4/h1-3H,(H,10,11)(H3,9,12,13). The minimum atomic E-state index is 0.422. The van der Waals surface area contributed by atoms with Crippen molar-refractivity contribution in [1.29, 1.82) is 0 Å². The average molecular weight is 173 g/mol. The number of nitrogens with one attached hydrogen (secondary N) is 2. The van der Waals surface area contributed by atoms with Crippen molar-refractivity contribution in [2.24, 2.45) is 0 Å². The average Bonchev–Trinajstić information content (AvgIpc) is 2.65. The molecule has 3 rings (SSSR count). The number of benzene rings is 1. The summed E-state index contributed by atoms with van der Waals surface area (Å²) in [5.41, 5.74) is 9.10. The molecule has 64 valence electrons. The number of nitrogen functional groups attached to an aromatic ring is 1. The summed E-state index contributed by atoms with van der Waals surface area (Å²) < 4.78 is 0. The molecule has 5 nitrogen and oxygen atoms in total. The van der Waals surface area contributed by atoms with Crippen LogP contribution >= 0.6 is 0 Å². The van der Waals surface area contributed by atoms with Gasteiger partial charge in [-0.2, -0.15) is 0 Å². The number of anilines is 1. The molecular formula is C8H7N5. The van der Waals surface area contributed by atoms with Crippen LogP contribution in [0.1, 0.15) is 0 Å². The number of fused-ring (bicyclic) bond motifs is 3. The maximum absolute atomic E-state index is 5.55. The van der Waals surface area contributed by atoms with E-state index in [1.807, 2.05) is 12.1 Å². The fourth-order valence-corrected chi connectivity index (χ4v) is 1.49. The Morgan fingerprint density at radius 2 is 2.00 bits per heavy atom. The van der Waals surface area contributed by atoms with E-state index in [-0.39, 0.29) is 0 Å². The zero-order chi connectivity index (χ0) is 8.84. The van der Waals surface area contributed by atoms with Crippen LogP contribution in [-0.2, 0) is 0 Å². The molecule has 0 aliphatic rings. The molecule has 4 N–H and O–H groups in total. The molecule has 2 heterocycles. The lowest BCUT2D eigenvalue weighted by molar-refractivity contribution is 1.33. The van der Waals surface area contributed by atoms with Crippen molar-refractivity contribution in [2.75, 3.05) is 5.73 Å². The summed E-state index contributed by atoms with van der Waals surface area (Å²) in [7, 11) is 0. The summed E-state index contributed by atoms with van der Waals surface area (Å²) >= 11 is 0. The van der Waals surface area contributed by atoms with Gasteiger partial charge in [-0.3, -0.25) is 0 Å². The second kappa shape index (κ2) is 2.01. The van der Waals surface area contributed by atoms with Gasteiger partial charge in [0.25, 0.3) is 0 Å². The summed E-state index contributed by atoms with van der Waals surface area (Å²) in [6.07, 6.45) is 1.65. The Morgan fingerprint density at radius 3 is 2.92 bits per heavy atom. The molecule has 0 amide bonds. The number of hydrogen-bond acceptors (Lipinski definition) is 3. The molecule has 0 bridgehead atoms. The Balaban J connectivity index is 2.64. The maximum atomic E-state index is 5.55. The minimum absolute atomic E-state index is 0.422. The van der Waals surface area contributed by atoms with Crippen LogP contribution in [0.15, 0.2) is 18.5 Å². The van der Waals surface area contributed by atoms with E-state index < -0.39 is 0 Å². The van der Waals surface area contributed by atoms with Crippen LogP contribution in [-0.4, -0.2) is 19.9 Å². The van der Waals surface area contributed by atoms with Crippen molar-refractivity contribution < 1.29 is 0 Å². The Bertz CT molecular complexity index is 576. The summed E-state index contributed by atoms with van der Waals surface area (Å²) in [5, 5.41) is 0. The predicted octanol–water partition coefficient (Wildman–Crippen LogP) is 1.02. The SMILES string of the molecule is Nc1nc2c(ccc3[nH]cnc32)[nH]1. The molecule has 0 spiro atoms. The number of imidazole rings is 2. The van der Waals surface area contributed by atoms with E-state index in [1.54, 1.807) is 6.33 Å². The third-order valence-electron chi connectivity index (χ3n) is 2.06. The predicted molar refractivity (Wildman–Crippen MR) is 50.2 cm³/mol. The molecule has 3 aromatic rings. The molecule has 0 aliphatic heterocycles. The lowest BCUT2D eigenvalue weighted by Gasteiger charge is -1.87. The van der Waals surface area contributed by atoms with Crippen LogP contribution in [0.3, 0.4) is 0 Å². The zero-order valence-electron chi connectivity index (χ0n) is 6.70. The topological polar surface area (TPSA) is 83.4 Å². The van der Waals surface area contributed by atoms with Gasteiger partial charge >= 0.3 is 0 Å². The number of nitrogens with zero attached hydrogens (tertiary/aromatic N) is 2. The van der Waals surface area contributed by atoms with Gasteiger partial charge in [-0.15, -0.1) is 0 Å². The third kappa shape index (κ3) is 0.752. The van der Waals surface area contributed by atoms with Crippen molar-refractivity contribution in [3.8, 4) is 0 Å². The van der Waals surface area contributed by atoms with Crippen molar-refractivity contribution in [2.45, 2.75) is 0 Å². The highest BCUT2D eigenvalue weighted by Gasteiger charge is 2.05. The quantitative estimate of drug-likeness (QED) is 0.474. The Morgan fingerprint density at radius 1 is 1.15 bits per heavy atom. The van der Waals surface area contributed by atoms with E-state index in [4.69, 9.17) is 5.73 Å². The Kier molecular flexibility index (Phi) is 0.999.